The Hall–Kier alpha value is -3.48. The van der Waals surface area contributed by atoms with Crippen molar-refractivity contribution in [3.8, 4) is 17.2 Å². The van der Waals surface area contributed by atoms with Crippen LogP contribution >= 0.6 is 0 Å². The fourth-order valence-electron chi connectivity index (χ4n) is 2.20. The van der Waals surface area contributed by atoms with E-state index in [0.717, 1.165) is 5.56 Å². The molecule has 7 nitrogen and oxygen atoms in total. The molecule has 142 valence electrons. The zero-order valence-electron chi connectivity index (χ0n) is 15.4. The van der Waals surface area contributed by atoms with Gasteiger partial charge >= 0.3 is 0 Å². The molecule has 0 aliphatic heterocycles. The third kappa shape index (κ3) is 6.07. The second kappa shape index (κ2) is 9.86. The van der Waals surface area contributed by atoms with E-state index < -0.39 is 11.8 Å². The van der Waals surface area contributed by atoms with Crippen molar-refractivity contribution in [2.24, 2.45) is 0 Å². The number of methoxy groups -OCH3 is 2. The van der Waals surface area contributed by atoms with Gasteiger partial charge in [0.05, 0.1) is 20.8 Å². The third-order valence-corrected chi connectivity index (χ3v) is 3.53. The second-order valence-electron chi connectivity index (χ2n) is 5.38. The molecule has 2 amide bonds. The number of rotatable bonds is 7. The smallest absolute Gasteiger partial charge is 0.269 e. The summed E-state index contributed by atoms with van der Waals surface area (Å²) in [5.74, 6) is 0.991. The topological polar surface area (TPSA) is 85.9 Å². The fraction of sp³-hybridized carbons (Fsp3) is 0.200. The molecule has 0 atom stereocenters. The van der Waals surface area contributed by atoms with Crippen molar-refractivity contribution >= 4 is 17.9 Å². The Morgan fingerprint density at radius 3 is 2.11 bits per heavy atom. The Morgan fingerprint density at radius 1 is 0.926 bits per heavy atom. The molecule has 0 bridgehead atoms. The Labute approximate surface area is 157 Å². The maximum atomic E-state index is 12.0. The van der Waals surface area contributed by atoms with Gasteiger partial charge in [-0.2, -0.15) is 0 Å². The zero-order chi connectivity index (χ0) is 19.6. The number of carbonyl (C=O) groups excluding carboxylic acids is 2. The minimum absolute atomic E-state index is 0.403. The standard InChI is InChI=1S/C20H22N2O5/c1-4-27-16-8-6-15(7-9-16)20(24)22-21-19(23)10-5-14-11-17(25-2)13-18(12-14)26-3/h5-13H,4H2,1-3H3,(H,21,23)(H,22,24)/b10-5+. The summed E-state index contributed by atoms with van der Waals surface area (Å²) in [7, 11) is 3.09. The fourth-order valence-corrected chi connectivity index (χ4v) is 2.20. The minimum Gasteiger partial charge on any atom is -0.497 e. The molecule has 0 spiro atoms. The van der Waals surface area contributed by atoms with Gasteiger partial charge in [0.1, 0.15) is 17.2 Å². The van der Waals surface area contributed by atoms with E-state index in [9.17, 15) is 9.59 Å². The first-order valence-corrected chi connectivity index (χ1v) is 8.30. The summed E-state index contributed by atoms with van der Waals surface area (Å²) in [5.41, 5.74) is 5.81. The quantitative estimate of drug-likeness (QED) is 0.578. The average molecular weight is 370 g/mol. The lowest BCUT2D eigenvalue weighted by molar-refractivity contribution is -0.117. The highest BCUT2D eigenvalue weighted by Gasteiger charge is 2.06. The summed E-state index contributed by atoms with van der Waals surface area (Å²) >= 11 is 0. The number of hydrogen-bond donors (Lipinski definition) is 2. The van der Waals surface area contributed by atoms with Gasteiger partial charge in [-0.1, -0.05) is 0 Å². The van der Waals surface area contributed by atoms with Crippen molar-refractivity contribution in [3.05, 3.63) is 59.7 Å². The van der Waals surface area contributed by atoms with E-state index >= 15 is 0 Å². The van der Waals surface area contributed by atoms with Crippen LogP contribution in [0.5, 0.6) is 17.2 Å². The molecule has 0 heterocycles. The van der Waals surface area contributed by atoms with Gasteiger partial charge in [-0.15, -0.1) is 0 Å². The summed E-state index contributed by atoms with van der Waals surface area (Å²) < 4.78 is 15.7. The van der Waals surface area contributed by atoms with E-state index in [0.29, 0.717) is 29.4 Å². The van der Waals surface area contributed by atoms with Gasteiger partial charge in [-0.25, -0.2) is 0 Å². The van der Waals surface area contributed by atoms with Gasteiger partial charge < -0.3 is 14.2 Å². The molecule has 0 radical (unpaired) electrons. The normalized spacial score (nSPS) is 10.3. The Bertz CT molecular complexity index is 793. The highest BCUT2D eigenvalue weighted by Crippen LogP contribution is 2.23. The molecule has 2 rings (SSSR count). The predicted octanol–water partition coefficient (Wildman–Crippen LogP) is 2.58. The number of ether oxygens (including phenoxy) is 3. The molecule has 0 unspecified atom stereocenters. The molecule has 7 heteroatoms. The van der Waals surface area contributed by atoms with Gasteiger partial charge in [-0.3, -0.25) is 20.4 Å². The van der Waals surface area contributed by atoms with Crippen LogP contribution in [0.15, 0.2) is 48.5 Å². The molecular weight excluding hydrogens is 348 g/mol. The van der Waals surface area contributed by atoms with Crippen LogP contribution in [0, 0.1) is 0 Å². The van der Waals surface area contributed by atoms with E-state index in [4.69, 9.17) is 14.2 Å². The highest BCUT2D eigenvalue weighted by molar-refractivity contribution is 5.98. The van der Waals surface area contributed by atoms with E-state index in [1.807, 2.05) is 6.92 Å². The van der Waals surface area contributed by atoms with Gasteiger partial charge in [0.2, 0.25) is 0 Å². The SMILES string of the molecule is CCOc1ccc(C(=O)NNC(=O)/C=C/c2cc(OC)cc(OC)c2)cc1. The molecule has 0 saturated heterocycles. The molecule has 2 N–H and O–H groups in total. The molecule has 2 aromatic carbocycles. The van der Waals surface area contributed by atoms with Crippen molar-refractivity contribution in [2.75, 3.05) is 20.8 Å². The number of nitrogens with one attached hydrogen (secondary N) is 2. The largest absolute Gasteiger partial charge is 0.497 e. The molecule has 0 aromatic heterocycles. The van der Waals surface area contributed by atoms with Crippen molar-refractivity contribution in [1.82, 2.24) is 10.9 Å². The monoisotopic (exact) mass is 370 g/mol. The van der Waals surface area contributed by atoms with E-state index in [1.165, 1.54) is 6.08 Å². The van der Waals surface area contributed by atoms with Crippen LogP contribution in [0.25, 0.3) is 6.08 Å². The predicted molar refractivity (Wildman–Crippen MR) is 102 cm³/mol. The summed E-state index contributed by atoms with van der Waals surface area (Å²) in [4.78, 5) is 23.9. The van der Waals surface area contributed by atoms with Crippen LogP contribution in [0.1, 0.15) is 22.8 Å². The molecule has 0 fully saturated rings. The van der Waals surface area contributed by atoms with Gasteiger partial charge in [0.15, 0.2) is 0 Å². The Balaban J connectivity index is 1.91. The Morgan fingerprint density at radius 2 is 1.56 bits per heavy atom. The third-order valence-electron chi connectivity index (χ3n) is 3.53. The van der Waals surface area contributed by atoms with E-state index in [-0.39, 0.29) is 0 Å². The van der Waals surface area contributed by atoms with Crippen LogP contribution in [0.2, 0.25) is 0 Å². The van der Waals surface area contributed by atoms with Crippen LogP contribution in [-0.2, 0) is 4.79 Å². The second-order valence-corrected chi connectivity index (χ2v) is 5.38. The van der Waals surface area contributed by atoms with E-state index in [2.05, 4.69) is 10.9 Å². The Kier molecular flexibility index (Phi) is 7.25. The molecular formula is C20H22N2O5. The maximum Gasteiger partial charge on any atom is 0.269 e. The first-order chi connectivity index (χ1) is 13.0. The highest BCUT2D eigenvalue weighted by atomic mass is 16.5. The number of amides is 2. The van der Waals surface area contributed by atoms with Gasteiger partial charge in [-0.05, 0) is 55.0 Å². The molecule has 0 aliphatic carbocycles. The molecule has 2 aromatic rings. The summed E-state index contributed by atoms with van der Waals surface area (Å²) in [6.07, 6.45) is 2.89. The van der Waals surface area contributed by atoms with Crippen molar-refractivity contribution < 1.29 is 23.8 Å². The van der Waals surface area contributed by atoms with Crippen LogP contribution < -0.4 is 25.1 Å². The number of hydrazine groups is 1. The number of benzene rings is 2. The number of hydrogen-bond acceptors (Lipinski definition) is 5. The maximum absolute atomic E-state index is 12.0. The summed E-state index contributed by atoms with van der Waals surface area (Å²) in [6.45, 7) is 2.43. The van der Waals surface area contributed by atoms with E-state index in [1.54, 1.807) is 62.8 Å². The van der Waals surface area contributed by atoms with Crippen molar-refractivity contribution in [2.45, 2.75) is 6.92 Å². The lowest BCUT2D eigenvalue weighted by atomic mass is 10.2. The van der Waals surface area contributed by atoms with Gasteiger partial charge in [0, 0.05) is 17.7 Å². The average Bonchev–Trinajstić information content (AvgIpc) is 2.70. The number of carbonyl (C=O) groups is 2. The summed E-state index contributed by atoms with van der Waals surface area (Å²) in [5, 5.41) is 0. The zero-order valence-corrected chi connectivity index (χ0v) is 15.4. The van der Waals surface area contributed by atoms with Crippen LogP contribution in [0.3, 0.4) is 0 Å². The van der Waals surface area contributed by atoms with Crippen LogP contribution in [-0.4, -0.2) is 32.6 Å². The first kappa shape index (κ1) is 19.8. The molecule has 0 aliphatic rings. The lowest BCUT2D eigenvalue weighted by Gasteiger charge is -2.07. The first-order valence-electron chi connectivity index (χ1n) is 8.30. The van der Waals surface area contributed by atoms with Crippen LogP contribution in [0.4, 0.5) is 0 Å². The minimum atomic E-state index is -0.476. The van der Waals surface area contributed by atoms with Crippen molar-refractivity contribution in [1.29, 1.82) is 0 Å². The molecule has 27 heavy (non-hydrogen) atoms. The summed E-state index contributed by atoms with van der Waals surface area (Å²) in [6, 6.07) is 11.9. The van der Waals surface area contributed by atoms with Crippen molar-refractivity contribution in [3.63, 3.8) is 0 Å². The van der Waals surface area contributed by atoms with Gasteiger partial charge in [0.25, 0.3) is 11.8 Å². The lowest BCUT2D eigenvalue weighted by Crippen LogP contribution is -2.40. The molecule has 0 saturated carbocycles.